The molecule has 0 spiro atoms. The molecule has 1 saturated heterocycles. The molecule has 0 amide bonds. The van der Waals surface area contributed by atoms with Gasteiger partial charge in [0.2, 0.25) is 5.95 Å². The Labute approximate surface area is 147 Å². The minimum absolute atomic E-state index is 0.743. The molecule has 3 rings (SSSR count). The average molecular weight is 344 g/mol. The Hall–Kier alpha value is -1.73. The number of aromatic nitrogens is 4. The minimum Gasteiger partial charge on any atom is -0.338 e. The van der Waals surface area contributed by atoms with E-state index in [0.29, 0.717) is 0 Å². The van der Waals surface area contributed by atoms with E-state index in [1.54, 1.807) is 0 Å². The Kier molecular flexibility index (Phi) is 5.30. The molecule has 1 aliphatic rings. The Morgan fingerprint density at radius 1 is 0.875 bits per heavy atom. The van der Waals surface area contributed by atoms with Gasteiger partial charge in [0.1, 0.15) is 5.03 Å². The van der Waals surface area contributed by atoms with Gasteiger partial charge in [-0.05, 0) is 51.2 Å². The van der Waals surface area contributed by atoms with E-state index in [1.165, 1.54) is 11.8 Å². The van der Waals surface area contributed by atoms with Gasteiger partial charge in [-0.25, -0.2) is 19.9 Å². The van der Waals surface area contributed by atoms with E-state index >= 15 is 0 Å². The second-order valence-corrected chi connectivity index (χ2v) is 7.09. The van der Waals surface area contributed by atoms with Crippen molar-refractivity contribution in [3.8, 4) is 0 Å². The predicted molar refractivity (Wildman–Crippen MR) is 96.7 cm³/mol. The van der Waals surface area contributed by atoms with Crippen LogP contribution < -0.4 is 4.90 Å². The van der Waals surface area contributed by atoms with Crippen molar-refractivity contribution >= 4 is 17.7 Å². The zero-order valence-electron chi connectivity index (χ0n) is 14.8. The summed E-state index contributed by atoms with van der Waals surface area (Å²) in [4.78, 5) is 23.1. The second-order valence-electron chi connectivity index (χ2n) is 6.10. The van der Waals surface area contributed by atoms with Crippen LogP contribution >= 0.6 is 11.8 Å². The number of likely N-dealkylation sites (N-methyl/N-ethyl adjacent to an activating group) is 1. The van der Waals surface area contributed by atoms with Gasteiger partial charge in [0.25, 0.3) is 0 Å². The normalized spacial score (nSPS) is 15.8. The zero-order valence-corrected chi connectivity index (χ0v) is 15.6. The first-order valence-corrected chi connectivity index (χ1v) is 9.18. The third kappa shape index (κ3) is 4.21. The molecule has 6 nitrogen and oxygen atoms in total. The number of piperazine rings is 1. The molecule has 0 N–H and O–H groups in total. The standard InChI is InChI=1S/C17H24N6S/c1-5-22-6-8-23(9-7-22)16-18-14(4)11-15(21-16)24-17-19-12(2)10-13(3)20-17/h10-11H,5-9H2,1-4H3. The summed E-state index contributed by atoms with van der Waals surface area (Å²) in [6.45, 7) is 13.4. The van der Waals surface area contributed by atoms with Crippen LogP contribution in [0, 0.1) is 20.8 Å². The van der Waals surface area contributed by atoms with Crippen LogP contribution in [0.2, 0.25) is 0 Å². The number of aryl methyl sites for hydroxylation is 3. The van der Waals surface area contributed by atoms with Crippen LogP contribution in [0.25, 0.3) is 0 Å². The van der Waals surface area contributed by atoms with Crippen LogP contribution in [0.1, 0.15) is 24.0 Å². The summed E-state index contributed by atoms with van der Waals surface area (Å²) >= 11 is 1.50. The lowest BCUT2D eigenvalue weighted by Crippen LogP contribution is -2.46. The largest absolute Gasteiger partial charge is 0.338 e. The van der Waals surface area contributed by atoms with E-state index in [0.717, 1.165) is 65.9 Å². The quantitative estimate of drug-likeness (QED) is 0.624. The first kappa shape index (κ1) is 17.1. The number of hydrogen-bond donors (Lipinski definition) is 0. The molecule has 0 unspecified atom stereocenters. The van der Waals surface area contributed by atoms with Crippen molar-refractivity contribution in [3.63, 3.8) is 0 Å². The average Bonchev–Trinajstić information content (AvgIpc) is 2.53. The van der Waals surface area contributed by atoms with E-state index in [1.807, 2.05) is 32.9 Å². The molecular weight excluding hydrogens is 320 g/mol. The van der Waals surface area contributed by atoms with Gasteiger partial charge in [-0.1, -0.05) is 6.92 Å². The maximum Gasteiger partial charge on any atom is 0.226 e. The van der Waals surface area contributed by atoms with Crippen molar-refractivity contribution in [2.75, 3.05) is 37.6 Å². The SMILES string of the molecule is CCN1CCN(c2nc(C)cc(Sc3nc(C)cc(C)n3)n2)CC1. The van der Waals surface area contributed by atoms with Crippen LogP contribution in [0.15, 0.2) is 22.3 Å². The fraction of sp³-hybridized carbons (Fsp3) is 0.529. The predicted octanol–water partition coefficient (Wildman–Crippen LogP) is 2.48. The molecular formula is C17H24N6S. The molecule has 0 saturated carbocycles. The van der Waals surface area contributed by atoms with Gasteiger partial charge in [0.05, 0.1) is 0 Å². The van der Waals surface area contributed by atoms with E-state index in [9.17, 15) is 0 Å². The molecule has 3 heterocycles. The molecule has 0 atom stereocenters. The molecule has 2 aromatic heterocycles. The van der Waals surface area contributed by atoms with Gasteiger partial charge in [-0.15, -0.1) is 0 Å². The summed E-state index contributed by atoms with van der Waals surface area (Å²) in [5.74, 6) is 0.817. The van der Waals surface area contributed by atoms with E-state index in [4.69, 9.17) is 4.98 Å². The van der Waals surface area contributed by atoms with Crippen molar-refractivity contribution in [1.82, 2.24) is 24.8 Å². The Morgan fingerprint density at radius 3 is 2.12 bits per heavy atom. The molecule has 1 aliphatic heterocycles. The van der Waals surface area contributed by atoms with Crippen molar-refractivity contribution in [3.05, 3.63) is 29.2 Å². The maximum absolute atomic E-state index is 4.74. The molecule has 2 aromatic rings. The van der Waals surface area contributed by atoms with Crippen molar-refractivity contribution in [2.45, 2.75) is 37.9 Å². The highest BCUT2D eigenvalue weighted by Gasteiger charge is 2.19. The zero-order chi connectivity index (χ0) is 17.1. The van der Waals surface area contributed by atoms with E-state index in [2.05, 4.69) is 31.7 Å². The third-order valence-electron chi connectivity index (χ3n) is 4.08. The molecule has 1 fully saturated rings. The maximum atomic E-state index is 4.74. The molecule has 0 radical (unpaired) electrons. The van der Waals surface area contributed by atoms with Crippen LogP contribution in [0.5, 0.6) is 0 Å². The summed E-state index contributed by atoms with van der Waals surface area (Å²) in [7, 11) is 0. The van der Waals surface area contributed by atoms with Gasteiger partial charge in [-0.2, -0.15) is 0 Å². The second kappa shape index (κ2) is 7.44. The first-order chi connectivity index (χ1) is 11.5. The number of rotatable bonds is 4. The monoisotopic (exact) mass is 344 g/mol. The van der Waals surface area contributed by atoms with Crippen molar-refractivity contribution in [2.24, 2.45) is 0 Å². The lowest BCUT2D eigenvalue weighted by atomic mass is 10.3. The summed E-state index contributed by atoms with van der Waals surface area (Å²) in [6.07, 6.45) is 0. The summed E-state index contributed by atoms with van der Waals surface area (Å²) in [5.41, 5.74) is 2.93. The van der Waals surface area contributed by atoms with E-state index < -0.39 is 0 Å². The summed E-state index contributed by atoms with van der Waals surface area (Å²) in [5, 5.41) is 1.65. The van der Waals surface area contributed by atoms with Gasteiger partial charge in [-0.3, -0.25) is 0 Å². The first-order valence-electron chi connectivity index (χ1n) is 8.36. The van der Waals surface area contributed by atoms with Gasteiger partial charge >= 0.3 is 0 Å². The highest BCUT2D eigenvalue weighted by atomic mass is 32.2. The highest BCUT2D eigenvalue weighted by molar-refractivity contribution is 7.99. The van der Waals surface area contributed by atoms with Crippen LogP contribution in [0.3, 0.4) is 0 Å². The molecule has 0 bridgehead atoms. The van der Waals surface area contributed by atoms with Gasteiger partial charge < -0.3 is 9.80 Å². The molecule has 0 aliphatic carbocycles. The van der Waals surface area contributed by atoms with Crippen molar-refractivity contribution in [1.29, 1.82) is 0 Å². The van der Waals surface area contributed by atoms with E-state index in [-0.39, 0.29) is 0 Å². The lowest BCUT2D eigenvalue weighted by Gasteiger charge is -2.34. The molecule has 128 valence electrons. The van der Waals surface area contributed by atoms with Crippen LogP contribution in [0.4, 0.5) is 5.95 Å². The number of anilines is 1. The Bertz CT molecular complexity index is 692. The van der Waals surface area contributed by atoms with Crippen LogP contribution in [-0.4, -0.2) is 57.6 Å². The Balaban J connectivity index is 1.79. The fourth-order valence-corrected chi connectivity index (χ4v) is 3.74. The lowest BCUT2D eigenvalue weighted by molar-refractivity contribution is 0.269. The minimum atomic E-state index is 0.743. The smallest absolute Gasteiger partial charge is 0.226 e. The number of hydrogen-bond acceptors (Lipinski definition) is 7. The summed E-state index contributed by atoms with van der Waals surface area (Å²) < 4.78 is 0. The topological polar surface area (TPSA) is 58.0 Å². The molecule has 24 heavy (non-hydrogen) atoms. The highest BCUT2D eigenvalue weighted by Crippen LogP contribution is 2.25. The molecule has 0 aromatic carbocycles. The fourth-order valence-electron chi connectivity index (χ4n) is 2.82. The van der Waals surface area contributed by atoms with Gasteiger partial charge in [0, 0.05) is 43.3 Å². The summed E-state index contributed by atoms with van der Waals surface area (Å²) in [6, 6.07) is 3.98. The van der Waals surface area contributed by atoms with Gasteiger partial charge in [0.15, 0.2) is 5.16 Å². The van der Waals surface area contributed by atoms with Crippen molar-refractivity contribution < 1.29 is 0 Å². The van der Waals surface area contributed by atoms with Crippen LogP contribution in [-0.2, 0) is 0 Å². The number of nitrogens with zero attached hydrogens (tertiary/aromatic N) is 6. The molecule has 7 heteroatoms. The Morgan fingerprint density at radius 2 is 1.50 bits per heavy atom. The third-order valence-corrected chi connectivity index (χ3v) is 4.86.